The molecule has 1 amide bonds. The van der Waals surface area contributed by atoms with Gasteiger partial charge in [-0.1, -0.05) is 12.1 Å². The summed E-state index contributed by atoms with van der Waals surface area (Å²) in [6.07, 6.45) is 2.18. The van der Waals surface area contributed by atoms with Crippen LogP contribution in [-0.4, -0.2) is 29.7 Å². The van der Waals surface area contributed by atoms with Crippen molar-refractivity contribution in [2.75, 3.05) is 24.3 Å². The van der Waals surface area contributed by atoms with Crippen molar-refractivity contribution in [2.24, 2.45) is 0 Å². The second kappa shape index (κ2) is 6.85. The fourth-order valence-corrected chi connectivity index (χ4v) is 2.03. The molecule has 0 unspecified atom stereocenters. The molecule has 0 radical (unpaired) electrons. The van der Waals surface area contributed by atoms with E-state index in [2.05, 4.69) is 15.6 Å². The van der Waals surface area contributed by atoms with E-state index in [1.165, 1.54) is 0 Å². The highest BCUT2D eigenvalue weighted by molar-refractivity contribution is 6.07. The summed E-state index contributed by atoms with van der Waals surface area (Å²) in [5.41, 5.74) is 3.84. The Morgan fingerprint density at radius 1 is 1.29 bits per heavy atom. The number of pyridine rings is 1. The normalized spacial score (nSPS) is 10.2. The number of aliphatic hydroxyl groups is 1. The van der Waals surface area contributed by atoms with Crippen LogP contribution in [0, 0.1) is 6.92 Å². The Balaban J connectivity index is 2.14. The Morgan fingerprint density at radius 3 is 2.62 bits per heavy atom. The van der Waals surface area contributed by atoms with Crippen LogP contribution in [0.5, 0.6) is 0 Å². The Hall–Kier alpha value is -2.40. The summed E-state index contributed by atoms with van der Waals surface area (Å²) in [7, 11) is 1.77. The highest BCUT2D eigenvalue weighted by atomic mass is 16.2. The summed E-state index contributed by atoms with van der Waals surface area (Å²) >= 11 is 0. The number of aliphatic hydroxyl groups excluding tert-OH is 1. The quantitative estimate of drug-likeness (QED) is 0.787. The molecule has 0 saturated heterocycles. The van der Waals surface area contributed by atoms with Gasteiger partial charge in [0, 0.05) is 31.2 Å². The number of amides is 1. The van der Waals surface area contributed by atoms with Crippen molar-refractivity contribution in [3.05, 3.63) is 53.3 Å². The van der Waals surface area contributed by atoms with Crippen molar-refractivity contribution >= 4 is 17.3 Å². The number of aromatic nitrogens is 1. The molecule has 0 fully saturated rings. The molecule has 5 heteroatoms. The van der Waals surface area contributed by atoms with Crippen LogP contribution >= 0.6 is 0 Å². The number of carbonyl (C=O) groups is 1. The number of anilines is 2. The molecule has 21 heavy (non-hydrogen) atoms. The number of nitrogens with zero attached hydrogens (tertiary/aromatic N) is 1. The lowest BCUT2D eigenvalue weighted by molar-refractivity contribution is 0.102. The molecule has 3 N–H and O–H groups in total. The molecular formula is C16H19N3O2. The SMILES string of the molecule is CNc1cc(C)ncc1C(=O)Nc1ccc(CCO)cc1. The van der Waals surface area contributed by atoms with E-state index in [1.54, 1.807) is 13.2 Å². The fraction of sp³-hybridized carbons (Fsp3) is 0.250. The number of hydrogen-bond donors (Lipinski definition) is 3. The Morgan fingerprint density at radius 2 is 2.00 bits per heavy atom. The molecular weight excluding hydrogens is 266 g/mol. The summed E-state index contributed by atoms with van der Waals surface area (Å²) in [6.45, 7) is 1.99. The van der Waals surface area contributed by atoms with Crippen molar-refractivity contribution in [3.8, 4) is 0 Å². The summed E-state index contributed by atoms with van der Waals surface area (Å²) in [5, 5.41) is 14.7. The van der Waals surface area contributed by atoms with E-state index in [0.29, 0.717) is 17.7 Å². The van der Waals surface area contributed by atoms with Crippen molar-refractivity contribution in [3.63, 3.8) is 0 Å². The average Bonchev–Trinajstić information content (AvgIpc) is 2.49. The van der Waals surface area contributed by atoms with Gasteiger partial charge in [0.25, 0.3) is 5.91 Å². The molecule has 2 rings (SSSR count). The molecule has 0 aliphatic carbocycles. The number of aryl methyl sites for hydroxylation is 1. The van der Waals surface area contributed by atoms with Crippen LogP contribution in [0.2, 0.25) is 0 Å². The maximum absolute atomic E-state index is 12.3. The molecule has 110 valence electrons. The monoisotopic (exact) mass is 285 g/mol. The number of rotatable bonds is 5. The van der Waals surface area contributed by atoms with E-state index in [4.69, 9.17) is 5.11 Å². The van der Waals surface area contributed by atoms with Crippen molar-refractivity contribution in [2.45, 2.75) is 13.3 Å². The van der Waals surface area contributed by atoms with Gasteiger partial charge in [0.2, 0.25) is 0 Å². The molecule has 0 spiro atoms. The van der Waals surface area contributed by atoms with Gasteiger partial charge < -0.3 is 15.7 Å². The first-order valence-electron chi connectivity index (χ1n) is 6.79. The zero-order chi connectivity index (χ0) is 15.2. The maximum Gasteiger partial charge on any atom is 0.259 e. The Kier molecular flexibility index (Phi) is 4.90. The topological polar surface area (TPSA) is 74.2 Å². The largest absolute Gasteiger partial charge is 0.396 e. The second-order valence-corrected chi connectivity index (χ2v) is 4.75. The Labute approximate surface area is 124 Å². The second-order valence-electron chi connectivity index (χ2n) is 4.75. The van der Waals surface area contributed by atoms with Crippen LogP contribution in [0.25, 0.3) is 0 Å². The molecule has 0 atom stereocenters. The van der Waals surface area contributed by atoms with Gasteiger partial charge in [0.05, 0.1) is 11.3 Å². The van der Waals surface area contributed by atoms with Crippen LogP contribution in [-0.2, 0) is 6.42 Å². The maximum atomic E-state index is 12.3. The lowest BCUT2D eigenvalue weighted by atomic mass is 10.1. The first-order valence-corrected chi connectivity index (χ1v) is 6.79. The molecule has 1 heterocycles. The number of carbonyl (C=O) groups excluding carboxylic acids is 1. The lowest BCUT2D eigenvalue weighted by Gasteiger charge is -2.10. The molecule has 0 bridgehead atoms. The van der Waals surface area contributed by atoms with Gasteiger partial charge in [-0.05, 0) is 37.1 Å². The first-order chi connectivity index (χ1) is 10.1. The van der Waals surface area contributed by atoms with Crippen LogP contribution < -0.4 is 10.6 Å². The summed E-state index contributed by atoms with van der Waals surface area (Å²) in [5.74, 6) is -0.207. The lowest BCUT2D eigenvalue weighted by Crippen LogP contribution is -2.14. The summed E-state index contributed by atoms with van der Waals surface area (Å²) in [6, 6.07) is 9.25. The van der Waals surface area contributed by atoms with Crippen molar-refractivity contribution < 1.29 is 9.90 Å². The van der Waals surface area contributed by atoms with Crippen molar-refractivity contribution in [1.29, 1.82) is 0 Å². The molecule has 1 aromatic carbocycles. The van der Waals surface area contributed by atoms with E-state index in [0.717, 1.165) is 16.9 Å². The van der Waals surface area contributed by atoms with Gasteiger partial charge in [0.1, 0.15) is 0 Å². The highest BCUT2D eigenvalue weighted by Crippen LogP contribution is 2.17. The number of hydrogen-bond acceptors (Lipinski definition) is 4. The van der Waals surface area contributed by atoms with Gasteiger partial charge in [0.15, 0.2) is 0 Å². The van der Waals surface area contributed by atoms with Gasteiger partial charge in [-0.2, -0.15) is 0 Å². The van der Waals surface area contributed by atoms with E-state index in [9.17, 15) is 4.79 Å². The predicted molar refractivity (Wildman–Crippen MR) is 83.7 cm³/mol. The highest BCUT2D eigenvalue weighted by Gasteiger charge is 2.11. The van der Waals surface area contributed by atoms with Gasteiger partial charge in [-0.25, -0.2) is 0 Å². The number of nitrogens with one attached hydrogen (secondary N) is 2. The molecule has 1 aromatic heterocycles. The van der Waals surface area contributed by atoms with Gasteiger partial charge >= 0.3 is 0 Å². The van der Waals surface area contributed by atoms with E-state index in [1.807, 2.05) is 37.3 Å². The van der Waals surface area contributed by atoms with Crippen LogP contribution in [0.4, 0.5) is 11.4 Å². The minimum absolute atomic E-state index is 0.117. The Bertz CT molecular complexity index is 624. The smallest absolute Gasteiger partial charge is 0.259 e. The standard InChI is InChI=1S/C16H19N3O2/c1-11-9-15(17-2)14(10-18-11)16(21)19-13-5-3-12(4-6-13)7-8-20/h3-6,9-10,20H,7-8H2,1-2H3,(H,17,18)(H,19,21). The molecule has 5 nitrogen and oxygen atoms in total. The van der Waals surface area contributed by atoms with Crippen LogP contribution in [0.1, 0.15) is 21.6 Å². The zero-order valence-corrected chi connectivity index (χ0v) is 12.2. The zero-order valence-electron chi connectivity index (χ0n) is 12.2. The third-order valence-corrected chi connectivity index (χ3v) is 3.17. The summed E-state index contributed by atoms with van der Waals surface area (Å²) in [4.78, 5) is 16.4. The van der Waals surface area contributed by atoms with Crippen LogP contribution in [0.15, 0.2) is 36.5 Å². The predicted octanol–water partition coefficient (Wildman–Crippen LogP) is 2.22. The third kappa shape index (κ3) is 3.79. The van der Waals surface area contributed by atoms with Crippen LogP contribution in [0.3, 0.4) is 0 Å². The average molecular weight is 285 g/mol. The minimum atomic E-state index is -0.207. The van der Waals surface area contributed by atoms with E-state index >= 15 is 0 Å². The van der Waals surface area contributed by atoms with Gasteiger partial charge in [-0.3, -0.25) is 9.78 Å². The minimum Gasteiger partial charge on any atom is -0.396 e. The third-order valence-electron chi connectivity index (χ3n) is 3.17. The molecule has 2 aromatic rings. The van der Waals surface area contributed by atoms with Gasteiger partial charge in [-0.15, -0.1) is 0 Å². The summed E-state index contributed by atoms with van der Waals surface area (Å²) < 4.78 is 0. The van der Waals surface area contributed by atoms with E-state index < -0.39 is 0 Å². The number of benzene rings is 1. The van der Waals surface area contributed by atoms with Crippen molar-refractivity contribution in [1.82, 2.24) is 4.98 Å². The first kappa shape index (κ1) is 15.0. The molecule has 0 saturated carbocycles. The molecule has 0 aliphatic heterocycles. The fourth-order valence-electron chi connectivity index (χ4n) is 2.03. The molecule has 0 aliphatic rings. The van der Waals surface area contributed by atoms with E-state index in [-0.39, 0.29) is 12.5 Å².